The van der Waals surface area contributed by atoms with Gasteiger partial charge in [-0.1, -0.05) is 33.8 Å². The molecule has 0 bridgehead atoms. The largest absolute Gasteiger partial charge is 0.573 e. The molecule has 2 rings (SSSR count). The summed E-state index contributed by atoms with van der Waals surface area (Å²) in [4.78, 5) is 0. The molecule has 0 radical (unpaired) electrons. The van der Waals surface area contributed by atoms with Crippen LogP contribution in [0.5, 0.6) is 11.5 Å². The monoisotopic (exact) mass is 320 g/mol. The van der Waals surface area contributed by atoms with E-state index in [1.807, 2.05) is 27.7 Å². The molecule has 0 atom stereocenters. The van der Waals surface area contributed by atoms with Gasteiger partial charge in [-0.05, 0) is 36.1 Å². The molecule has 6 heteroatoms. The third-order valence-electron chi connectivity index (χ3n) is 2.42. The third kappa shape index (κ3) is 5.09. The number of hydrogen-bond donors (Lipinski definition) is 1. The Bertz CT molecular complexity index is 607. The number of aryl methyl sites for hydroxylation is 1. The molecule has 0 unspecified atom stereocenters. The molecule has 0 saturated heterocycles. The van der Waals surface area contributed by atoms with Gasteiger partial charge in [0.2, 0.25) is 0 Å². The van der Waals surface area contributed by atoms with E-state index in [-0.39, 0.29) is 16.5 Å². The third-order valence-corrected chi connectivity index (χ3v) is 2.42. The summed E-state index contributed by atoms with van der Waals surface area (Å²) >= 11 is 0. The Kier molecular flexibility index (Phi) is 7.70. The maximum Gasteiger partial charge on any atom is 0.573 e. The Labute approximate surface area is 127 Å². The maximum atomic E-state index is 13.4. The van der Waals surface area contributed by atoms with Crippen molar-refractivity contribution in [3.8, 4) is 11.5 Å². The molecule has 124 valence electrons. The topological polar surface area (TPSA) is 29.5 Å². The van der Waals surface area contributed by atoms with E-state index in [0.717, 1.165) is 6.07 Å². The lowest BCUT2D eigenvalue weighted by atomic mass is 10.0. The van der Waals surface area contributed by atoms with E-state index in [1.54, 1.807) is 0 Å². The second kappa shape index (κ2) is 8.46. The molecule has 22 heavy (non-hydrogen) atoms. The summed E-state index contributed by atoms with van der Waals surface area (Å²) in [5.41, 5.74) is 0.295. The van der Waals surface area contributed by atoms with Gasteiger partial charge in [0.1, 0.15) is 5.75 Å². The van der Waals surface area contributed by atoms with Crippen molar-refractivity contribution in [1.29, 1.82) is 0 Å². The molecule has 0 heterocycles. The highest BCUT2D eigenvalue weighted by Crippen LogP contribution is 2.36. The number of phenolic OH excluding ortho intramolecular Hbond substituents is 1. The summed E-state index contributed by atoms with van der Waals surface area (Å²) in [7, 11) is 0. The van der Waals surface area contributed by atoms with Crippen molar-refractivity contribution in [1.82, 2.24) is 0 Å². The van der Waals surface area contributed by atoms with E-state index < -0.39 is 17.9 Å². The molecule has 2 nitrogen and oxygen atoms in total. The number of benzene rings is 2. The Balaban J connectivity index is 0.00000102. The molecule has 0 aromatic heterocycles. The second-order valence-electron chi connectivity index (χ2n) is 3.79. The fourth-order valence-electron chi connectivity index (χ4n) is 1.81. The minimum Gasteiger partial charge on any atom is -0.508 e. The lowest BCUT2D eigenvalue weighted by Gasteiger charge is -2.14. The van der Waals surface area contributed by atoms with Crippen molar-refractivity contribution in [2.45, 2.75) is 41.0 Å². The normalized spacial score (nSPS) is 10.2. The average molecular weight is 320 g/mol. The van der Waals surface area contributed by atoms with Crippen LogP contribution in [0.15, 0.2) is 24.3 Å². The first-order chi connectivity index (χ1) is 10.3. The lowest BCUT2D eigenvalue weighted by Crippen LogP contribution is -2.18. The number of hydrogen-bond acceptors (Lipinski definition) is 2. The van der Waals surface area contributed by atoms with Gasteiger partial charge in [-0.25, -0.2) is 4.39 Å². The molecular formula is C16H20F4O2. The van der Waals surface area contributed by atoms with Crippen molar-refractivity contribution < 1.29 is 27.4 Å². The lowest BCUT2D eigenvalue weighted by molar-refractivity contribution is -0.275. The zero-order valence-electron chi connectivity index (χ0n) is 13.2. The van der Waals surface area contributed by atoms with Crippen LogP contribution in [-0.4, -0.2) is 11.5 Å². The highest BCUT2D eigenvalue weighted by Gasteiger charge is 2.33. The van der Waals surface area contributed by atoms with E-state index in [0.29, 0.717) is 5.56 Å². The zero-order valence-corrected chi connectivity index (χ0v) is 13.2. The van der Waals surface area contributed by atoms with E-state index in [9.17, 15) is 22.7 Å². The number of alkyl halides is 3. The summed E-state index contributed by atoms with van der Waals surface area (Å²) < 4.78 is 53.8. The van der Waals surface area contributed by atoms with E-state index in [2.05, 4.69) is 4.74 Å². The summed E-state index contributed by atoms with van der Waals surface area (Å²) in [5, 5.41) is 9.61. The van der Waals surface area contributed by atoms with E-state index in [1.165, 1.54) is 25.1 Å². The van der Waals surface area contributed by atoms with Gasteiger partial charge in [-0.2, -0.15) is 0 Å². The van der Waals surface area contributed by atoms with Gasteiger partial charge in [0, 0.05) is 5.39 Å². The molecular weight excluding hydrogens is 300 g/mol. The van der Waals surface area contributed by atoms with Gasteiger partial charge in [-0.15, -0.1) is 13.2 Å². The SMILES string of the molecule is CC.CC.Cc1cc(O)cc2ccc(F)c(OC(F)(F)F)c12. The first kappa shape index (κ1) is 20.0. The zero-order chi connectivity index (χ0) is 17.5. The number of aromatic hydroxyl groups is 1. The molecule has 2 aromatic carbocycles. The van der Waals surface area contributed by atoms with Crippen LogP contribution in [0.1, 0.15) is 33.3 Å². The summed E-state index contributed by atoms with van der Waals surface area (Å²) in [6.45, 7) is 9.46. The molecule has 0 spiro atoms. The Morgan fingerprint density at radius 2 is 1.55 bits per heavy atom. The first-order valence-corrected chi connectivity index (χ1v) is 6.95. The van der Waals surface area contributed by atoms with Gasteiger partial charge in [-0.3, -0.25) is 0 Å². The average Bonchev–Trinajstić information content (AvgIpc) is 2.45. The molecule has 1 N–H and O–H groups in total. The van der Waals surface area contributed by atoms with Crippen LogP contribution in [0.2, 0.25) is 0 Å². The predicted octanol–water partition coefficient (Wildman–Crippen LogP) is 5.94. The van der Waals surface area contributed by atoms with Crippen LogP contribution < -0.4 is 4.74 Å². The number of phenols is 1. The number of ether oxygens (including phenoxy) is 1. The fourth-order valence-corrected chi connectivity index (χ4v) is 1.81. The Morgan fingerprint density at radius 3 is 2.05 bits per heavy atom. The molecule has 0 aliphatic carbocycles. The number of halogens is 4. The maximum absolute atomic E-state index is 13.4. The standard InChI is InChI=1S/C12H8F4O2.2C2H6/c1-6-4-8(17)5-7-2-3-9(13)11(10(6)7)18-12(14,15)16;2*1-2/h2-5,17H,1H3;2*1-2H3. The molecule has 0 aliphatic heterocycles. The summed E-state index contributed by atoms with van der Waals surface area (Å²) in [6, 6.07) is 4.62. The fraction of sp³-hybridized carbons (Fsp3) is 0.375. The summed E-state index contributed by atoms with van der Waals surface area (Å²) in [5.74, 6) is -2.09. The van der Waals surface area contributed by atoms with Gasteiger partial charge in [0.15, 0.2) is 11.6 Å². The van der Waals surface area contributed by atoms with Crippen molar-refractivity contribution >= 4 is 10.8 Å². The van der Waals surface area contributed by atoms with Crippen LogP contribution in [0.3, 0.4) is 0 Å². The first-order valence-electron chi connectivity index (χ1n) is 6.95. The quantitative estimate of drug-likeness (QED) is 0.658. The molecule has 0 aliphatic rings. The van der Waals surface area contributed by atoms with Gasteiger partial charge in [0.25, 0.3) is 0 Å². The van der Waals surface area contributed by atoms with Gasteiger partial charge >= 0.3 is 6.36 Å². The second-order valence-corrected chi connectivity index (χ2v) is 3.79. The molecule has 0 amide bonds. The minimum absolute atomic E-state index is 0.00914. The van der Waals surface area contributed by atoms with E-state index >= 15 is 0 Å². The molecule has 0 fully saturated rings. The van der Waals surface area contributed by atoms with Crippen LogP contribution in [0.25, 0.3) is 10.8 Å². The van der Waals surface area contributed by atoms with E-state index in [4.69, 9.17) is 0 Å². The predicted molar refractivity (Wildman–Crippen MR) is 79.7 cm³/mol. The summed E-state index contributed by atoms with van der Waals surface area (Å²) in [6.07, 6.45) is -4.97. The highest BCUT2D eigenvalue weighted by molar-refractivity contribution is 5.92. The smallest absolute Gasteiger partial charge is 0.508 e. The van der Waals surface area contributed by atoms with Gasteiger partial charge in [0.05, 0.1) is 0 Å². The van der Waals surface area contributed by atoms with Crippen LogP contribution in [0, 0.1) is 12.7 Å². The molecule has 2 aromatic rings. The van der Waals surface area contributed by atoms with Crippen molar-refractivity contribution in [3.05, 3.63) is 35.6 Å². The molecule has 0 saturated carbocycles. The van der Waals surface area contributed by atoms with Crippen LogP contribution in [-0.2, 0) is 0 Å². The number of fused-ring (bicyclic) bond motifs is 1. The number of rotatable bonds is 1. The van der Waals surface area contributed by atoms with Gasteiger partial charge < -0.3 is 9.84 Å². The Morgan fingerprint density at radius 1 is 1.00 bits per heavy atom. The highest BCUT2D eigenvalue weighted by atomic mass is 19.4. The van der Waals surface area contributed by atoms with Crippen LogP contribution >= 0.6 is 0 Å². The van der Waals surface area contributed by atoms with Crippen LogP contribution in [0.4, 0.5) is 17.6 Å². The Hall–Kier alpha value is -1.98. The van der Waals surface area contributed by atoms with Crippen molar-refractivity contribution in [2.75, 3.05) is 0 Å². The minimum atomic E-state index is -4.97. The van der Waals surface area contributed by atoms with Crippen molar-refractivity contribution in [2.24, 2.45) is 0 Å². The van der Waals surface area contributed by atoms with Crippen molar-refractivity contribution in [3.63, 3.8) is 0 Å².